The van der Waals surface area contributed by atoms with Crippen molar-refractivity contribution in [2.75, 3.05) is 32.4 Å². The largest absolute Gasteiger partial charge is 0.337 e. The fourth-order valence-corrected chi connectivity index (χ4v) is 6.09. The van der Waals surface area contributed by atoms with Crippen molar-refractivity contribution in [3.05, 3.63) is 52.2 Å². The maximum absolute atomic E-state index is 12.9. The lowest BCUT2D eigenvalue weighted by Gasteiger charge is -2.22. The van der Waals surface area contributed by atoms with Crippen molar-refractivity contribution in [3.63, 3.8) is 0 Å². The first-order valence-electron chi connectivity index (χ1n) is 9.18. The molecule has 0 N–H and O–H groups in total. The standard InChI is InChI=1S/C20H20N2O4S3/c1-29(25,26)15-5-3-14(4-6-15)19(23)21-8-2-9-22(11-10-21)20(24)18-13-17-16(28-18)7-12-27-17/h3-7,12-13H,2,8-11H2,1H3. The Labute approximate surface area is 177 Å². The molecule has 1 aliphatic heterocycles. The van der Waals surface area contributed by atoms with Crippen LogP contribution in [0.4, 0.5) is 0 Å². The number of hydrogen-bond donors (Lipinski definition) is 0. The molecule has 0 spiro atoms. The number of benzene rings is 1. The molecule has 2 aromatic heterocycles. The van der Waals surface area contributed by atoms with Gasteiger partial charge in [-0.2, -0.15) is 0 Å². The predicted octanol–water partition coefficient (Wildman–Crippen LogP) is 3.35. The highest BCUT2D eigenvalue weighted by molar-refractivity contribution is 7.90. The Bertz CT molecular complexity index is 1130. The van der Waals surface area contributed by atoms with Crippen LogP contribution in [-0.4, -0.2) is 62.5 Å². The minimum atomic E-state index is -3.29. The van der Waals surface area contributed by atoms with Crippen molar-refractivity contribution in [1.29, 1.82) is 0 Å². The second kappa shape index (κ2) is 7.89. The minimum Gasteiger partial charge on any atom is -0.337 e. The minimum absolute atomic E-state index is 0.0187. The highest BCUT2D eigenvalue weighted by atomic mass is 32.2. The summed E-state index contributed by atoms with van der Waals surface area (Å²) in [5.41, 5.74) is 0.454. The zero-order valence-electron chi connectivity index (χ0n) is 15.8. The highest BCUT2D eigenvalue weighted by Crippen LogP contribution is 2.30. The molecular weight excluding hydrogens is 428 g/mol. The van der Waals surface area contributed by atoms with Crippen LogP contribution in [0.5, 0.6) is 0 Å². The summed E-state index contributed by atoms with van der Waals surface area (Å²) in [4.78, 5) is 30.2. The van der Waals surface area contributed by atoms with E-state index in [0.29, 0.717) is 38.2 Å². The Morgan fingerprint density at radius 1 is 0.897 bits per heavy atom. The zero-order valence-corrected chi connectivity index (χ0v) is 18.3. The number of fused-ring (bicyclic) bond motifs is 1. The van der Waals surface area contributed by atoms with Crippen molar-refractivity contribution in [3.8, 4) is 0 Å². The van der Waals surface area contributed by atoms with E-state index in [-0.39, 0.29) is 16.7 Å². The fourth-order valence-electron chi connectivity index (χ4n) is 3.38. The Morgan fingerprint density at radius 2 is 1.55 bits per heavy atom. The van der Waals surface area contributed by atoms with Gasteiger partial charge in [0.05, 0.1) is 9.77 Å². The topological polar surface area (TPSA) is 74.8 Å². The monoisotopic (exact) mass is 448 g/mol. The van der Waals surface area contributed by atoms with Crippen molar-refractivity contribution >= 4 is 53.7 Å². The molecule has 0 radical (unpaired) electrons. The number of sulfone groups is 1. The van der Waals surface area contributed by atoms with E-state index in [0.717, 1.165) is 20.5 Å². The smallest absolute Gasteiger partial charge is 0.264 e. The van der Waals surface area contributed by atoms with Gasteiger partial charge in [0.1, 0.15) is 0 Å². The summed E-state index contributed by atoms with van der Waals surface area (Å²) >= 11 is 3.14. The van der Waals surface area contributed by atoms with E-state index in [2.05, 4.69) is 0 Å². The second-order valence-electron chi connectivity index (χ2n) is 6.99. The average molecular weight is 449 g/mol. The van der Waals surface area contributed by atoms with Crippen molar-refractivity contribution in [2.24, 2.45) is 0 Å². The van der Waals surface area contributed by atoms with Gasteiger partial charge in [-0.05, 0) is 48.2 Å². The molecule has 6 nitrogen and oxygen atoms in total. The lowest BCUT2D eigenvalue weighted by molar-refractivity contribution is 0.0721. The molecule has 0 unspecified atom stereocenters. The maximum Gasteiger partial charge on any atom is 0.264 e. The molecule has 9 heteroatoms. The number of carbonyl (C=O) groups is 2. The van der Waals surface area contributed by atoms with Gasteiger partial charge >= 0.3 is 0 Å². The van der Waals surface area contributed by atoms with Crippen LogP contribution in [0.2, 0.25) is 0 Å². The molecule has 1 saturated heterocycles. The third kappa shape index (κ3) is 4.22. The molecule has 1 aliphatic rings. The van der Waals surface area contributed by atoms with Gasteiger partial charge in [-0.1, -0.05) is 0 Å². The summed E-state index contributed by atoms with van der Waals surface area (Å²) in [7, 11) is -3.29. The van der Waals surface area contributed by atoms with Crippen molar-refractivity contribution < 1.29 is 18.0 Å². The Kier molecular flexibility index (Phi) is 5.46. The molecule has 2 amide bonds. The van der Waals surface area contributed by atoms with Gasteiger partial charge in [0.15, 0.2) is 9.84 Å². The molecule has 0 bridgehead atoms. The molecule has 0 atom stereocenters. The van der Waals surface area contributed by atoms with Crippen LogP contribution in [0.1, 0.15) is 26.5 Å². The first-order chi connectivity index (χ1) is 13.8. The number of thiophene rings is 2. The molecule has 1 fully saturated rings. The molecule has 29 heavy (non-hydrogen) atoms. The van der Waals surface area contributed by atoms with Crippen LogP contribution in [0.3, 0.4) is 0 Å². The van der Waals surface area contributed by atoms with Crippen LogP contribution in [0.15, 0.2) is 46.7 Å². The van der Waals surface area contributed by atoms with Crippen LogP contribution < -0.4 is 0 Å². The van der Waals surface area contributed by atoms with Gasteiger partial charge in [0, 0.05) is 47.4 Å². The van der Waals surface area contributed by atoms with Crippen molar-refractivity contribution in [1.82, 2.24) is 9.80 Å². The first-order valence-corrected chi connectivity index (χ1v) is 12.8. The van der Waals surface area contributed by atoms with Crippen LogP contribution in [0, 0.1) is 0 Å². The number of nitrogens with zero attached hydrogens (tertiary/aromatic N) is 2. The van der Waals surface area contributed by atoms with E-state index in [1.165, 1.54) is 23.5 Å². The maximum atomic E-state index is 12.9. The van der Waals surface area contributed by atoms with Crippen LogP contribution >= 0.6 is 22.7 Å². The SMILES string of the molecule is CS(=O)(=O)c1ccc(C(=O)N2CCCN(C(=O)c3cc4sccc4s3)CC2)cc1. The highest BCUT2D eigenvalue weighted by Gasteiger charge is 2.25. The van der Waals surface area contributed by atoms with Gasteiger partial charge < -0.3 is 9.80 Å². The van der Waals surface area contributed by atoms with E-state index in [1.54, 1.807) is 28.4 Å². The summed E-state index contributed by atoms with van der Waals surface area (Å²) in [6, 6.07) is 9.98. The third-order valence-corrected chi connectivity index (χ3v) is 8.16. The number of carbonyl (C=O) groups excluding carboxylic acids is 2. The molecule has 4 rings (SSSR count). The van der Waals surface area contributed by atoms with Gasteiger partial charge in [-0.3, -0.25) is 9.59 Å². The van der Waals surface area contributed by atoms with Gasteiger partial charge in [0.25, 0.3) is 11.8 Å². The van der Waals surface area contributed by atoms with E-state index >= 15 is 0 Å². The Morgan fingerprint density at radius 3 is 2.17 bits per heavy atom. The van der Waals surface area contributed by atoms with Gasteiger partial charge in [-0.25, -0.2) is 8.42 Å². The van der Waals surface area contributed by atoms with E-state index < -0.39 is 9.84 Å². The molecular formula is C20H20N2O4S3. The quantitative estimate of drug-likeness (QED) is 0.616. The van der Waals surface area contributed by atoms with Crippen molar-refractivity contribution in [2.45, 2.75) is 11.3 Å². The Balaban J connectivity index is 1.43. The lowest BCUT2D eigenvalue weighted by atomic mass is 10.2. The summed E-state index contributed by atoms with van der Waals surface area (Å²) in [6.45, 7) is 2.12. The fraction of sp³-hybridized carbons (Fsp3) is 0.300. The molecule has 152 valence electrons. The summed E-state index contributed by atoms with van der Waals surface area (Å²) in [5, 5.41) is 2.02. The zero-order chi connectivity index (χ0) is 20.6. The second-order valence-corrected chi connectivity index (χ2v) is 11.0. The first kappa shape index (κ1) is 20.1. The molecule has 0 aliphatic carbocycles. The molecule has 0 saturated carbocycles. The van der Waals surface area contributed by atoms with Gasteiger partial charge in [0.2, 0.25) is 0 Å². The number of amides is 2. The van der Waals surface area contributed by atoms with Crippen LogP contribution in [-0.2, 0) is 9.84 Å². The number of rotatable bonds is 3. The summed E-state index contributed by atoms with van der Waals surface area (Å²) in [6.07, 6.45) is 1.85. The predicted molar refractivity (Wildman–Crippen MR) is 116 cm³/mol. The molecule has 3 heterocycles. The lowest BCUT2D eigenvalue weighted by Crippen LogP contribution is -2.37. The molecule has 1 aromatic carbocycles. The normalized spacial score (nSPS) is 15.5. The van der Waals surface area contributed by atoms with Crippen LogP contribution in [0.25, 0.3) is 9.40 Å². The summed E-state index contributed by atoms with van der Waals surface area (Å²) < 4.78 is 25.4. The van der Waals surface area contributed by atoms with E-state index in [9.17, 15) is 18.0 Å². The third-order valence-electron chi connectivity index (χ3n) is 4.95. The van der Waals surface area contributed by atoms with Gasteiger partial charge in [-0.15, -0.1) is 22.7 Å². The Hall–Kier alpha value is -2.23. The summed E-state index contributed by atoms with van der Waals surface area (Å²) in [5.74, 6) is -0.124. The average Bonchev–Trinajstić information content (AvgIpc) is 3.21. The number of hydrogen-bond acceptors (Lipinski definition) is 6. The molecule has 3 aromatic rings. The van der Waals surface area contributed by atoms with E-state index in [4.69, 9.17) is 0 Å². The van der Waals surface area contributed by atoms with E-state index in [1.807, 2.05) is 22.4 Å².